The Morgan fingerprint density at radius 2 is 1.76 bits per heavy atom. The fourth-order valence-electron chi connectivity index (χ4n) is 4.29. The molecule has 3 aliphatic rings. The van der Waals surface area contributed by atoms with E-state index in [0.717, 1.165) is 51.4 Å². The van der Waals surface area contributed by atoms with Crippen LogP contribution in [0, 0.1) is 5.92 Å². The van der Waals surface area contributed by atoms with Gasteiger partial charge < -0.3 is 4.90 Å². The summed E-state index contributed by atoms with van der Waals surface area (Å²) >= 11 is 0. The molecule has 2 saturated carbocycles. The van der Waals surface area contributed by atoms with Crippen molar-refractivity contribution in [1.29, 1.82) is 0 Å². The van der Waals surface area contributed by atoms with Crippen molar-refractivity contribution in [3.63, 3.8) is 0 Å². The van der Waals surface area contributed by atoms with Gasteiger partial charge >= 0.3 is 6.18 Å². The van der Waals surface area contributed by atoms with Crippen molar-refractivity contribution in [3.05, 3.63) is 0 Å². The highest BCUT2D eigenvalue weighted by atomic mass is 19.4. The molecule has 1 aliphatic heterocycles. The first kappa shape index (κ1) is 15.1. The lowest BCUT2D eigenvalue weighted by molar-refractivity contribution is -0.146. The molecule has 2 aliphatic carbocycles. The maximum Gasteiger partial charge on any atom is 0.390 e. The zero-order chi connectivity index (χ0) is 15.1. The van der Waals surface area contributed by atoms with E-state index in [1.807, 2.05) is 0 Å². The van der Waals surface area contributed by atoms with Crippen LogP contribution in [-0.4, -0.2) is 35.2 Å². The number of amides is 1. The molecule has 0 radical (unpaired) electrons. The number of carbonyl (C=O) groups excluding carboxylic acids is 1. The van der Waals surface area contributed by atoms with Crippen molar-refractivity contribution in [1.82, 2.24) is 10.2 Å². The molecule has 1 atom stereocenters. The van der Waals surface area contributed by atoms with E-state index in [1.165, 1.54) is 4.90 Å². The van der Waals surface area contributed by atoms with Crippen molar-refractivity contribution in [2.75, 3.05) is 6.54 Å². The maximum atomic E-state index is 12.7. The molecular formula is C15H23F3N2O. The molecule has 3 nitrogen and oxygen atoms in total. The maximum absolute atomic E-state index is 12.7. The molecule has 21 heavy (non-hydrogen) atoms. The summed E-state index contributed by atoms with van der Waals surface area (Å²) in [7, 11) is 0. The van der Waals surface area contributed by atoms with Gasteiger partial charge in [0.15, 0.2) is 0 Å². The van der Waals surface area contributed by atoms with E-state index in [0.29, 0.717) is 5.92 Å². The molecule has 1 amide bonds. The summed E-state index contributed by atoms with van der Waals surface area (Å²) in [5.74, 6) is 0.239. The zero-order valence-corrected chi connectivity index (χ0v) is 12.2. The van der Waals surface area contributed by atoms with Crippen LogP contribution in [0.25, 0.3) is 0 Å². The van der Waals surface area contributed by atoms with Crippen LogP contribution in [-0.2, 0) is 4.79 Å². The van der Waals surface area contributed by atoms with Gasteiger partial charge in [-0.25, -0.2) is 0 Å². The number of halogens is 3. The second-order valence-electron chi connectivity index (χ2n) is 6.79. The van der Waals surface area contributed by atoms with Gasteiger partial charge in [0, 0.05) is 6.54 Å². The Morgan fingerprint density at radius 3 is 2.33 bits per heavy atom. The van der Waals surface area contributed by atoms with Crippen molar-refractivity contribution in [2.24, 2.45) is 5.92 Å². The fourth-order valence-corrected chi connectivity index (χ4v) is 4.29. The molecule has 1 saturated heterocycles. The Bertz CT molecular complexity index is 398. The SMILES string of the molecule is O=C1N(CCC(F)(F)F)C(C2CCCC2)NC12CCCC2. The van der Waals surface area contributed by atoms with Crippen LogP contribution >= 0.6 is 0 Å². The molecule has 6 heteroatoms. The lowest BCUT2D eigenvalue weighted by Crippen LogP contribution is -2.46. The number of carbonyl (C=O) groups is 1. The Kier molecular flexibility index (Phi) is 3.93. The van der Waals surface area contributed by atoms with Crippen molar-refractivity contribution in [3.8, 4) is 0 Å². The lowest BCUT2D eigenvalue weighted by atomic mass is 9.97. The molecule has 0 bridgehead atoms. The minimum Gasteiger partial charge on any atom is -0.325 e. The van der Waals surface area contributed by atoms with Crippen molar-refractivity contribution in [2.45, 2.75) is 75.7 Å². The Labute approximate surface area is 123 Å². The highest BCUT2D eigenvalue weighted by molar-refractivity contribution is 5.89. The standard InChI is InChI=1S/C15H23F3N2O/c16-15(17,18)9-10-20-12(11-5-1-2-6-11)19-14(13(20)21)7-3-4-8-14/h11-12,19H,1-10H2. The molecule has 0 aromatic heterocycles. The minimum atomic E-state index is -4.20. The van der Waals surface area contributed by atoms with Crippen LogP contribution in [0.2, 0.25) is 0 Å². The normalized spacial score (nSPS) is 30.0. The summed E-state index contributed by atoms with van der Waals surface area (Å²) in [6, 6.07) is 0. The molecule has 0 aromatic rings. The molecule has 0 aromatic carbocycles. The van der Waals surface area contributed by atoms with Crippen LogP contribution in [0.1, 0.15) is 57.8 Å². The molecule has 1 N–H and O–H groups in total. The van der Waals surface area contributed by atoms with Gasteiger partial charge in [-0.3, -0.25) is 10.1 Å². The highest BCUT2D eigenvalue weighted by Crippen LogP contribution is 2.41. The topological polar surface area (TPSA) is 32.3 Å². The fraction of sp³-hybridized carbons (Fsp3) is 0.933. The smallest absolute Gasteiger partial charge is 0.325 e. The Hall–Kier alpha value is -0.780. The largest absolute Gasteiger partial charge is 0.390 e. The quantitative estimate of drug-likeness (QED) is 0.868. The van der Waals surface area contributed by atoms with Crippen LogP contribution in [0.3, 0.4) is 0 Å². The minimum absolute atomic E-state index is 0.0823. The first-order valence-electron chi connectivity index (χ1n) is 8.07. The van der Waals surface area contributed by atoms with Gasteiger partial charge in [0.1, 0.15) is 0 Å². The van der Waals surface area contributed by atoms with Gasteiger partial charge in [-0.05, 0) is 31.6 Å². The summed E-state index contributed by atoms with van der Waals surface area (Å²) in [4.78, 5) is 14.2. The van der Waals surface area contributed by atoms with Crippen LogP contribution in [0.15, 0.2) is 0 Å². The van der Waals surface area contributed by atoms with Gasteiger partial charge in [0.2, 0.25) is 5.91 Å². The van der Waals surface area contributed by atoms with Crippen LogP contribution < -0.4 is 5.32 Å². The van der Waals surface area contributed by atoms with E-state index in [-0.39, 0.29) is 18.6 Å². The Balaban J connectivity index is 1.76. The van der Waals surface area contributed by atoms with E-state index in [2.05, 4.69) is 5.32 Å². The number of rotatable bonds is 3. The third-order valence-electron chi connectivity index (χ3n) is 5.37. The predicted octanol–water partition coefficient (Wildman–Crippen LogP) is 3.20. The van der Waals surface area contributed by atoms with Crippen LogP contribution in [0.5, 0.6) is 0 Å². The van der Waals surface area contributed by atoms with E-state index in [1.54, 1.807) is 0 Å². The summed E-state index contributed by atoms with van der Waals surface area (Å²) < 4.78 is 37.7. The third kappa shape index (κ3) is 2.91. The van der Waals surface area contributed by atoms with Gasteiger partial charge in [-0.1, -0.05) is 25.7 Å². The Morgan fingerprint density at radius 1 is 1.14 bits per heavy atom. The average molecular weight is 304 g/mol. The predicted molar refractivity (Wildman–Crippen MR) is 72.5 cm³/mol. The van der Waals surface area contributed by atoms with E-state index in [9.17, 15) is 18.0 Å². The summed E-state index contributed by atoms with van der Waals surface area (Å²) in [5, 5.41) is 3.45. The van der Waals surface area contributed by atoms with Crippen molar-refractivity contribution < 1.29 is 18.0 Å². The average Bonchev–Trinajstić information content (AvgIpc) is 3.12. The third-order valence-corrected chi connectivity index (χ3v) is 5.37. The number of nitrogens with zero attached hydrogens (tertiary/aromatic N) is 1. The van der Waals surface area contributed by atoms with E-state index in [4.69, 9.17) is 0 Å². The molecule has 3 rings (SSSR count). The number of alkyl halides is 3. The second-order valence-corrected chi connectivity index (χ2v) is 6.79. The van der Waals surface area contributed by atoms with E-state index >= 15 is 0 Å². The van der Waals surface area contributed by atoms with Gasteiger partial charge in [-0.15, -0.1) is 0 Å². The van der Waals surface area contributed by atoms with Gasteiger partial charge in [-0.2, -0.15) is 13.2 Å². The van der Waals surface area contributed by atoms with Gasteiger partial charge in [0.05, 0.1) is 18.1 Å². The molecule has 3 fully saturated rings. The molecule has 1 unspecified atom stereocenters. The molecular weight excluding hydrogens is 281 g/mol. The highest BCUT2D eigenvalue weighted by Gasteiger charge is 2.54. The lowest BCUT2D eigenvalue weighted by Gasteiger charge is -2.29. The monoisotopic (exact) mass is 304 g/mol. The summed E-state index contributed by atoms with van der Waals surface area (Å²) in [5.41, 5.74) is -0.557. The summed E-state index contributed by atoms with van der Waals surface area (Å²) in [6.45, 7) is -0.196. The number of hydrogen-bond acceptors (Lipinski definition) is 2. The van der Waals surface area contributed by atoms with Gasteiger partial charge in [0.25, 0.3) is 0 Å². The summed E-state index contributed by atoms with van der Waals surface area (Å²) in [6.07, 6.45) is 2.52. The molecule has 1 spiro atoms. The van der Waals surface area contributed by atoms with Crippen LogP contribution in [0.4, 0.5) is 13.2 Å². The molecule has 120 valence electrons. The zero-order valence-electron chi connectivity index (χ0n) is 12.2. The number of nitrogens with one attached hydrogen (secondary N) is 1. The number of hydrogen-bond donors (Lipinski definition) is 1. The second kappa shape index (κ2) is 5.45. The van der Waals surface area contributed by atoms with Crippen molar-refractivity contribution >= 4 is 5.91 Å². The first-order valence-corrected chi connectivity index (χ1v) is 8.07. The van der Waals surface area contributed by atoms with E-state index < -0.39 is 18.1 Å². The first-order chi connectivity index (χ1) is 9.91. The molecule has 1 heterocycles.